The number of hydrogen-bond acceptors (Lipinski definition) is 5. The average molecular weight is 443 g/mol. The lowest BCUT2D eigenvalue weighted by atomic mass is 10.1. The van der Waals surface area contributed by atoms with Crippen molar-refractivity contribution >= 4 is 28.4 Å². The number of hydrogen-bond donors (Lipinski definition) is 1. The second kappa shape index (κ2) is 9.24. The van der Waals surface area contributed by atoms with E-state index in [1.54, 1.807) is 42.1 Å². The number of ether oxygens (including phenoxy) is 1. The van der Waals surface area contributed by atoms with Crippen LogP contribution in [0.25, 0.3) is 16.7 Å². The van der Waals surface area contributed by atoms with Crippen molar-refractivity contribution in [2.45, 2.75) is 33.6 Å². The Labute approximate surface area is 192 Å². The average Bonchev–Trinajstić information content (AvgIpc) is 3.18. The molecule has 0 aliphatic carbocycles. The van der Waals surface area contributed by atoms with Crippen LogP contribution >= 0.6 is 0 Å². The molecule has 168 valence electrons. The van der Waals surface area contributed by atoms with Crippen molar-refractivity contribution in [1.29, 1.82) is 0 Å². The molecule has 33 heavy (non-hydrogen) atoms. The molecule has 4 rings (SSSR count). The molecule has 0 atom stereocenters. The number of benzene rings is 2. The Morgan fingerprint density at radius 1 is 0.970 bits per heavy atom. The molecule has 0 saturated carbocycles. The first-order valence-electron chi connectivity index (χ1n) is 10.8. The third-order valence-electron chi connectivity index (χ3n) is 5.54. The monoisotopic (exact) mass is 442 g/mol. The zero-order valence-electron chi connectivity index (χ0n) is 19.2. The lowest BCUT2D eigenvalue weighted by Crippen LogP contribution is -2.16. The van der Waals surface area contributed by atoms with E-state index in [9.17, 15) is 9.59 Å². The molecular weight excluding hydrogens is 416 g/mol. The third-order valence-corrected chi connectivity index (χ3v) is 5.54. The Morgan fingerprint density at radius 3 is 2.45 bits per heavy atom. The summed E-state index contributed by atoms with van der Waals surface area (Å²) < 4.78 is 6.75. The number of pyridine rings is 1. The van der Waals surface area contributed by atoms with Crippen LogP contribution in [0.2, 0.25) is 0 Å². The number of carbonyl (C=O) groups excluding carboxylic acids is 2. The zero-order valence-corrected chi connectivity index (χ0v) is 19.2. The number of amides is 1. The third kappa shape index (κ3) is 4.77. The standard InChI is InChI=1S/C26H26N4O3/c1-16-6-5-7-21-17(2)14-23(28-26(16)21)30-24(15-18(3)29-30)27-25(32)13-12-22(31)19-8-10-20(33-4)11-9-19/h5-11,14-15H,12-13H2,1-4H3,(H,27,32). The van der Waals surface area contributed by atoms with Crippen molar-refractivity contribution < 1.29 is 14.3 Å². The van der Waals surface area contributed by atoms with Gasteiger partial charge in [-0.25, -0.2) is 4.98 Å². The molecule has 4 aromatic rings. The lowest BCUT2D eigenvalue weighted by Gasteiger charge is -2.11. The van der Waals surface area contributed by atoms with Gasteiger partial charge in [-0.15, -0.1) is 0 Å². The van der Waals surface area contributed by atoms with Gasteiger partial charge in [0.05, 0.1) is 18.3 Å². The van der Waals surface area contributed by atoms with Gasteiger partial charge in [-0.1, -0.05) is 18.2 Å². The topological polar surface area (TPSA) is 86.1 Å². The Kier molecular flexibility index (Phi) is 6.22. The Morgan fingerprint density at radius 2 is 1.73 bits per heavy atom. The largest absolute Gasteiger partial charge is 0.497 e. The summed E-state index contributed by atoms with van der Waals surface area (Å²) in [6.45, 7) is 5.92. The second-order valence-electron chi connectivity index (χ2n) is 8.05. The van der Waals surface area contributed by atoms with Crippen LogP contribution < -0.4 is 10.1 Å². The number of methoxy groups -OCH3 is 1. The summed E-state index contributed by atoms with van der Waals surface area (Å²) in [5.41, 5.74) is 4.36. The highest BCUT2D eigenvalue weighted by atomic mass is 16.5. The van der Waals surface area contributed by atoms with E-state index in [4.69, 9.17) is 9.72 Å². The number of anilines is 1. The van der Waals surface area contributed by atoms with Crippen LogP contribution in [0.1, 0.15) is 40.0 Å². The fraction of sp³-hybridized carbons (Fsp3) is 0.231. The summed E-state index contributed by atoms with van der Waals surface area (Å²) in [6, 6.07) is 16.7. The van der Waals surface area contributed by atoms with E-state index in [-0.39, 0.29) is 24.5 Å². The minimum atomic E-state index is -0.258. The van der Waals surface area contributed by atoms with Gasteiger partial charge in [-0.05, 0) is 62.2 Å². The van der Waals surface area contributed by atoms with E-state index in [0.717, 1.165) is 27.7 Å². The molecule has 0 spiro atoms. The van der Waals surface area contributed by atoms with E-state index in [1.807, 2.05) is 45.0 Å². The first kappa shape index (κ1) is 22.2. The highest BCUT2D eigenvalue weighted by Crippen LogP contribution is 2.24. The molecule has 0 aliphatic heterocycles. The second-order valence-corrected chi connectivity index (χ2v) is 8.05. The van der Waals surface area contributed by atoms with Gasteiger partial charge in [-0.3, -0.25) is 9.59 Å². The molecule has 2 aromatic heterocycles. The first-order valence-corrected chi connectivity index (χ1v) is 10.8. The number of ketones is 1. The van der Waals surface area contributed by atoms with Gasteiger partial charge in [-0.2, -0.15) is 9.78 Å². The van der Waals surface area contributed by atoms with Crippen LogP contribution in [0.15, 0.2) is 54.6 Å². The number of nitrogens with one attached hydrogen (secondary N) is 1. The molecule has 1 N–H and O–H groups in total. The summed E-state index contributed by atoms with van der Waals surface area (Å²) in [7, 11) is 1.57. The molecular formula is C26H26N4O3. The summed E-state index contributed by atoms with van der Waals surface area (Å²) in [5.74, 6) is 1.48. The van der Waals surface area contributed by atoms with E-state index >= 15 is 0 Å². The van der Waals surface area contributed by atoms with Crippen LogP contribution in [0.5, 0.6) is 5.75 Å². The Balaban J connectivity index is 1.51. The highest BCUT2D eigenvalue weighted by molar-refractivity contribution is 6.00. The van der Waals surface area contributed by atoms with Gasteiger partial charge in [0.15, 0.2) is 11.6 Å². The maximum absolute atomic E-state index is 12.6. The molecule has 0 unspecified atom stereocenters. The molecule has 0 bridgehead atoms. The van der Waals surface area contributed by atoms with Crippen molar-refractivity contribution in [1.82, 2.24) is 14.8 Å². The summed E-state index contributed by atoms with van der Waals surface area (Å²) >= 11 is 0. The molecule has 7 nitrogen and oxygen atoms in total. The number of Topliss-reactive ketones (excluding diaryl/α,β-unsaturated/α-hetero) is 1. The van der Waals surface area contributed by atoms with E-state index in [1.165, 1.54) is 0 Å². The Bertz CT molecular complexity index is 1340. The molecule has 2 heterocycles. The molecule has 0 radical (unpaired) electrons. The van der Waals surface area contributed by atoms with Crippen molar-refractivity contribution in [2.24, 2.45) is 0 Å². The van der Waals surface area contributed by atoms with Crippen molar-refractivity contribution in [3.05, 3.63) is 77.0 Å². The van der Waals surface area contributed by atoms with Gasteiger partial charge in [0.25, 0.3) is 0 Å². The maximum atomic E-state index is 12.6. The predicted molar refractivity (Wildman–Crippen MR) is 128 cm³/mol. The van der Waals surface area contributed by atoms with Crippen LogP contribution in [0.3, 0.4) is 0 Å². The highest BCUT2D eigenvalue weighted by Gasteiger charge is 2.15. The summed E-state index contributed by atoms with van der Waals surface area (Å²) in [4.78, 5) is 29.9. The number of fused-ring (bicyclic) bond motifs is 1. The number of carbonyl (C=O) groups is 2. The van der Waals surface area contributed by atoms with Gasteiger partial charge >= 0.3 is 0 Å². The van der Waals surface area contributed by atoms with E-state index in [0.29, 0.717) is 22.9 Å². The molecule has 0 saturated heterocycles. The summed E-state index contributed by atoms with van der Waals surface area (Å²) in [6.07, 6.45) is 0.177. The minimum Gasteiger partial charge on any atom is -0.497 e. The lowest BCUT2D eigenvalue weighted by molar-refractivity contribution is -0.116. The SMILES string of the molecule is COc1ccc(C(=O)CCC(=O)Nc2cc(C)nn2-c2cc(C)c3cccc(C)c3n2)cc1. The van der Waals surface area contributed by atoms with Crippen molar-refractivity contribution in [3.8, 4) is 11.6 Å². The Hall–Kier alpha value is -4.00. The minimum absolute atomic E-state index is 0.0678. The van der Waals surface area contributed by atoms with Gasteiger partial charge < -0.3 is 10.1 Å². The number of rotatable bonds is 7. The number of aromatic nitrogens is 3. The quantitative estimate of drug-likeness (QED) is 0.409. The number of aryl methyl sites for hydroxylation is 3. The summed E-state index contributed by atoms with van der Waals surface area (Å²) in [5, 5.41) is 8.51. The molecule has 0 aliphatic rings. The molecule has 2 aromatic carbocycles. The molecule has 1 amide bonds. The fourth-order valence-electron chi connectivity index (χ4n) is 3.77. The van der Waals surface area contributed by atoms with Gasteiger partial charge in [0.1, 0.15) is 11.6 Å². The number of nitrogens with zero attached hydrogens (tertiary/aromatic N) is 3. The van der Waals surface area contributed by atoms with Crippen LogP contribution in [0.4, 0.5) is 5.82 Å². The molecule has 7 heteroatoms. The van der Waals surface area contributed by atoms with Crippen LogP contribution in [0, 0.1) is 20.8 Å². The first-order chi connectivity index (χ1) is 15.9. The van der Waals surface area contributed by atoms with Gasteiger partial charge in [0.2, 0.25) is 5.91 Å². The van der Waals surface area contributed by atoms with Crippen LogP contribution in [-0.4, -0.2) is 33.6 Å². The smallest absolute Gasteiger partial charge is 0.225 e. The molecule has 0 fully saturated rings. The van der Waals surface area contributed by atoms with Crippen molar-refractivity contribution in [2.75, 3.05) is 12.4 Å². The van der Waals surface area contributed by atoms with Crippen molar-refractivity contribution in [3.63, 3.8) is 0 Å². The van der Waals surface area contributed by atoms with Gasteiger partial charge in [0, 0.05) is 29.9 Å². The predicted octanol–water partition coefficient (Wildman–Crippen LogP) is 4.96. The zero-order chi connectivity index (χ0) is 23.5. The van der Waals surface area contributed by atoms with E-state index < -0.39 is 0 Å². The van der Waals surface area contributed by atoms with E-state index in [2.05, 4.69) is 10.4 Å². The van der Waals surface area contributed by atoms with Crippen LogP contribution in [-0.2, 0) is 4.79 Å². The fourth-order valence-corrected chi connectivity index (χ4v) is 3.77. The maximum Gasteiger partial charge on any atom is 0.225 e. The normalized spacial score (nSPS) is 10.9. The number of para-hydroxylation sites is 1.